The highest BCUT2D eigenvalue weighted by molar-refractivity contribution is 7.99. The van der Waals surface area contributed by atoms with E-state index >= 15 is 0 Å². The highest BCUT2D eigenvalue weighted by atomic mass is 32.2. The van der Waals surface area contributed by atoms with Crippen LogP contribution in [0.5, 0.6) is 0 Å². The molecule has 16 heavy (non-hydrogen) atoms. The van der Waals surface area contributed by atoms with E-state index in [-0.39, 0.29) is 17.8 Å². The van der Waals surface area contributed by atoms with Crippen molar-refractivity contribution < 1.29 is 14.6 Å². The van der Waals surface area contributed by atoms with Gasteiger partial charge in [-0.1, -0.05) is 13.8 Å². The molecule has 0 saturated heterocycles. The van der Waals surface area contributed by atoms with Gasteiger partial charge in [-0.3, -0.25) is 4.79 Å². The fourth-order valence-electron chi connectivity index (χ4n) is 1.39. The molecular weight excluding hydrogens is 226 g/mol. The zero-order chi connectivity index (χ0) is 12.6. The van der Waals surface area contributed by atoms with E-state index < -0.39 is 5.54 Å². The van der Waals surface area contributed by atoms with Crippen molar-refractivity contribution in [2.45, 2.75) is 38.0 Å². The lowest BCUT2D eigenvalue weighted by Crippen LogP contribution is -2.50. The third-order valence-corrected chi connectivity index (χ3v) is 3.62. The summed E-state index contributed by atoms with van der Waals surface area (Å²) in [5.41, 5.74) is -0.619. The maximum absolute atomic E-state index is 11.6. The molecule has 5 heteroatoms. The normalized spacial score (nSPS) is 16.6. The molecule has 2 N–H and O–H groups in total. The minimum atomic E-state index is -0.619. The van der Waals surface area contributed by atoms with Crippen molar-refractivity contribution >= 4 is 17.7 Å². The fourth-order valence-corrected chi connectivity index (χ4v) is 2.43. The van der Waals surface area contributed by atoms with Crippen LogP contribution in [0, 0.1) is 0 Å². The van der Waals surface area contributed by atoms with E-state index in [1.807, 2.05) is 20.8 Å². The number of hydrogen-bond donors (Lipinski definition) is 2. The lowest BCUT2D eigenvalue weighted by molar-refractivity contribution is -0.147. The number of thioether (sulfide) groups is 1. The number of aliphatic hydroxyl groups is 1. The highest BCUT2D eigenvalue weighted by Crippen LogP contribution is 2.18. The van der Waals surface area contributed by atoms with Crippen LogP contribution in [0.2, 0.25) is 0 Å². The first kappa shape index (κ1) is 15.7. The Balaban J connectivity index is 4.17. The number of esters is 1. The molecule has 2 atom stereocenters. The molecule has 96 valence electrons. The third-order valence-electron chi connectivity index (χ3n) is 2.46. The number of hydrogen-bond acceptors (Lipinski definition) is 5. The van der Waals surface area contributed by atoms with Gasteiger partial charge in [-0.15, -0.1) is 0 Å². The van der Waals surface area contributed by atoms with E-state index in [0.717, 1.165) is 12.3 Å². The second-order valence-corrected chi connectivity index (χ2v) is 5.51. The summed E-state index contributed by atoms with van der Waals surface area (Å²) in [7, 11) is 1.40. The molecular formula is C11H23NO3S. The lowest BCUT2D eigenvalue weighted by atomic mass is 9.99. The average Bonchev–Trinajstić information content (AvgIpc) is 2.27. The molecule has 0 fully saturated rings. The van der Waals surface area contributed by atoms with Crippen LogP contribution in [0.15, 0.2) is 0 Å². The SMILES string of the molecule is CCNC(C)(CCSC(C)CO)C(=O)OC. The molecule has 4 nitrogen and oxygen atoms in total. The maximum Gasteiger partial charge on any atom is 0.325 e. The molecule has 0 radical (unpaired) electrons. The lowest BCUT2D eigenvalue weighted by Gasteiger charge is -2.27. The summed E-state index contributed by atoms with van der Waals surface area (Å²) in [5.74, 6) is 0.590. The van der Waals surface area contributed by atoms with E-state index in [2.05, 4.69) is 5.32 Å². The summed E-state index contributed by atoms with van der Waals surface area (Å²) in [6, 6.07) is 0. The van der Waals surface area contributed by atoms with Gasteiger partial charge >= 0.3 is 5.97 Å². The van der Waals surface area contributed by atoms with Crippen LogP contribution >= 0.6 is 11.8 Å². The van der Waals surface area contributed by atoms with Crippen LogP contribution < -0.4 is 5.32 Å². The standard InChI is InChI=1S/C11H23NO3S/c1-5-12-11(3,10(14)15-4)6-7-16-9(2)8-13/h9,12-13H,5-8H2,1-4H3. The zero-order valence-electron chi connectivity index (χ0n) is 10.6. The summed E-state index contributed by atoms with van der Waals surface area (Å²) >= 11 is 1.66. The molecule has 0 spiro atoms. The molecule has 0 aromatic heterocycles. The number of likely N-dealkylation sites (N-methyl/N-ethyl adjacent to an activating group) is 1. The number of rotatable bonds is 8. The molecule has 0 rings (SSSR count). The van der Waals surface area contributed by atoms with E-state index in [9.17, 15) is 4.79 Å². The molecule has 0 aliphatic carbocycles. The van der Waals surface area contributed by atoms with Crippen LogP contribution in [0.25, 0.3) is 0 Å². The van der Waals surface area contributed by atoms with Gasteiger partial charge in [-0.2, -0.15) is 11.8 Å². The van der Waals surface area contributed by atoms with Gasteiger partial charge in [0.15, 0.2) is 0 Å². The van der Waals surface area contributed by atoms with E-state index in [1.54, 1.807) is 11.8 Å². The monoisotopic (exact) mass is 249 g/mol. The molecule has 0 aromatic rings. The van der Waals surface area contributed by atoms with Gasteiger partial charge < -0.3 is 15.2 Å². The summed E-state index contributed by atoms with van der Waals surface area (Å²) in [6.07, 6.45) is 0.697. The van der Waals surface area contributed by atoms with Crippen molar-refractivity contribution in [2.24, 2.45) is 0 Å². The second kappa shape index (κ2) is 7.92. The second-order valence-electron chi connectivity index (χ2n) is 3.97. The zero-order valence-corrected chi connectivity index (χ0v) is 11.4. The highest BCUT2D eigenvalue weighted by Gasteiger charge is 2.32. The predicted octanol–water partition coefficient (Wildman–Crippen LogP) is 1.03. The van der Waals surface area contributed by atoms with Crippen molar-refractivity contribution in [2.75, 3.05) is 26.0 Å². The Morgan fingerprint density at radius 1 is 1.62 bits per heavy atom. The fraction of sp³-hybridized carbons (Fsp3) is 0.909. The Hall–Kier alpha value is -0.260. The van der Waals surface area contributed by atoms with Crippen LogP contribution in [0.1, 0.15) is 27.2 Å². The largest absolute Gasteiger partial charge is 0.468 e. The topological polar surface area (TPSA) is 58.6 Å². The molecule has 0 amide bonds. The Bertz CT molecular complexity index is 213. The number of ether oxygens (including phenoxy) is 1. The van der Waals surface area contributed by atoms with Gasteiger partial charge in [0.25, 0.3) is 0 Å². The van der Waals surface area contributed by atoms with E-state index in [1.165, 1.54) is 7.11 Å². The van der Waals surface area contributed by atoms with Crippen molar-refractivity contribution in [1.29, 1.82) is 0 Å². The van der Waals surface area contributed by atoms with E-state index in [4.69, 9.17) is 9.84 Å². The third kappa shape index (κ3) is 5.18. The summed E-state index contributed by atoms with van der Waals surface area (Å²) in [6.45, 7) is 6.68. The first-order valence-electron chi connectivity index (χ1n) is 5.56. The molecule has 0 heterocycles. The van der Waals surface area contributed by atoms with Gasteiger partial charge in [0.05, 0.1) is 13.7 Å². The van der Waals surface area contributed by atoms with Gasteiger partial charge in [0, 0.05) is 5.25 Å². The Labute approximate surface area is 102 Å². The summed E-state index contributed by atoms with van der Waals surface area (Å²) < 4.78 is 4.79. The van der Waals surface area contributed by atoms with Gasteiger partial charge in [0.1, 0.15) is 5.54 Å². The van der Waals surface area contributed by atoms with Gasteiger partial charge in [-0.05, 0) is 25.6 Å². The van der Waals surface area contributed by atoms with Crippen LogP contribution in [0.3, 0.4) is 0 Å². The maximum atomic E-state index is 11.6. The van der Waals surface area contributed by atoms with Crippen LogP contribution in [0.4, 0.5) is 0 Å². The first-order chi connectivity index (χ1) is 7.50. The molecule has 0 aromatic carbocycles. The molecule has 0 bridgehead atoms. The number of nitrogens with one attached hydrogen (secondary N) is 1. The van der Waals surface area contributed by atoms with E-state index in [0.29, 0.717) is 6.42 Å². The van der Waals surface area contributed by atoms with Crippen molar-refractivity contribution in [3.63, 3.8) is 0 Å². The molecule has 0 aliphatic rings. The Morgan fingerprint density at radius 3 is 2.69 bits per heavy atom. The molecule has 2 unspecified atom stereocenters. The quantitative estimate of drug-likeness (QED) is 0.629. The Morgan fingerprint density at radius 2 is 2.25 bits per heavy atom. The smallest absolute Gasteiger partial charge is 0.325 e. The summed E-state index contributed by atoms with van der Waals surface area (Å²) in [4.78, 5) is 11.6. The Kier molecular flexibility index (Phi) is 7.80. The van der Waals surface area contributed by atoms with Crippen molar-refractivity contribution in [3.8, 4) is 0 Å². The van der Waals surface area contributed by atoms with Gasteiger partial charge in [-0.25, -0.2) is 0 Å². The minimum Gasteiger partial charge on any atom is -0.468 e. The van der Waals surface area contributed by atoms with Gasteiger partial charge in [0.2, 0.25) is 0 Å². The molecule has 0 aliphatic heterocycles. The number of aliphatic hydroxyl groups excluding tert-OH is 1. The molecule has 0 saturated carbocycles. The van der Waals surface area contributed by atoms with Crippen molar-refractivity contribution in [3.05, 3.63) is 0 Å². The number of carbonyl (C=O) groups is 1. The number of carbonyl (C=O) groups excluding carboxylic acids is 1. The first-order valence-corrected chi connectivity index (χ1v) is 6.61. The predicted molar refractivity (Wildman–Crippen MR) is 67.7 cm³/mol. The minimum absolute atomic E-state index is 0.167. The van der Waals surface area contributed by atoms with Crippen molar-refractivity contribution in [1.82, 2.24) is 5.32 Å². The van der Waals surface area contributed by atoms with Crippen LogP contribution in [-0.2, 0) is 9.53 Å². The average molecular weight is 249 g/mol. The summed E-state index contributed by atoms with van der Waals surface area (Å²) in [5, 5.41) is 12.3. The van der Waals surface area contributed by atoms with Crippen LogP contribution in [-0.4, -0.2) is 47.9 Å². The number of methoxy groups -OCH3 is 1.